The van der Waals surface area contributed by atoms with E-state index in [-0.39, 0.29) is 6.54 Å². The molecule has 0 saturated carbocycles. The lowest BCUT2D eigenvalue weighted by molar-refractivity contribution is 0.0272. The number of methoxy groups -OCH3 is 1. The molecule has 0 aromatic carbocycles. The second-order valence-corrected chi connectivity index (χ2v) is 8.12. The normalized spacial score (nSPS) is 21.6. The van der Waals surface area contributed by atoms with E-state index in [1.54, 1.807) is 11.4 Å². The molecule has 6 nitrogen and oxygen atoms in total. The summed E-state index contributed by atoms with van der Waals surface area (Å²) in [5, 5.41) is 3.38. The second kappa shape index (κ2) is 8.43. The van der Waals surface area contributed by atoms with Crippen LogP contribution in [0, 0.1) is 5.92 Å². The van der Waals surface area contributed by atoms with Crippen molar-refractivity contribution in [2.45, 2.75) is 45.6 Å². The third-order valence-electron chi connectivity index (χ3n) is 3.91. The molecule has 0 amide bonds. The van der Waals surface area contributed by atoms with Crippen molar-refractivity contribution >= 4 is 10.2 Å². The van der Waals surface area contributed by atoms with Crippen LogP contribution < -0.4 is 10.0 Å². The van der Waals surface area contributed by atoms with Crippen molar-refractivity contribution in [3.63, 3.8) is 0 Å². The maximum absolute atomic E-state index is 12.4. The van der Waals surface area contributed by atoms with Gasteiger partial charge in [0.25, 0.3) is 10.2 Å². The Morgan fingerprint density at radius 1 is 1.38 bits per heavy atom. The van der Waals surface area contributed by atoms with Crippen molar-refractivity contribution in [2.24, 2.45) is 5.92 Å². The fourth-order valence-corrected chi connectivity index (χ4v) is 3.81. The first-order valence-corrected chi connectivity index (χ1v) is 9.25. The molecule has 126 valence electrons. The molecule has 1 saturated heterocycles. The van der Waals surface area contributed by atoms with E-state index in [0.29, 0.717) is 19.0 Å². The average molecular weight is 321 g/mol. The number of hydrogen-bond donors (Lipinski definition) is 2. The van der Waals surface area contributed by atoms with Gasteiger partial charge in [0.15, 0.2) is 0 Å². The van der Waals surface area contributed by atoms with Gasteiger partial charge in [0.05, 0.1) is 5.60 Å². The van der Waals surface area contributed by atoms with Gasteiger partial charge in [-0.3, -0.25) is 0 Å². The van der Waals surface area contributed by atoms with Gasteiger partial charge < -0.3 is 10.1 Å². The van der Waals surface area contributed by atoms with Gasteiger partial charge in [-0.1, -0.05) is 6.92 Å². The van der Waals surface area contributed by atoms with Crippen molar-refractivity contribution in [2.75, 3.05) is 39.8 Å². The minimum atomic E-state index is -3.41. The molecule has 0 aromatic heterocycles. The van der Waals surface area contributed by atoms with Gasteiger partial charge in [-0.05, 0) is 52.1 Å². The minimum absolute atomic E-state index is 0.279. The van der Waals surface area contributed by atoms with Crippen LogP contribution in [0.25, 0.3) is 0 Å². The van der Waals surface area contributed by atoms with E-state index < -0.39 is 15.8 Å². The summed E-state index contributed by atoms with van der Waals surface area (Å²) in [4.78, 5) is 0. The summed E-state index contributed by atoms with van der Waals surface area (Å²) >= 11 is 0. The van der Waals surface area contributed by atoms with Crippen LogP contribution in [-0.4, -0.2) is 58.2 Å². The van der Waals surface area contributed by atoms with E-state index in [1.807, 2.05) is 13.8 Å². The Kier molecular flexibility index (Phi) is 7.56. The largest absolute Gasteiger partial charge is 0.377 e. The molecule has 0 bridgehead atoms. The zero-order chi connectivity index (χ0) is 15.9. The summed E-state index contributed by atoms with van der Waals surface area (Å²) in [5.41, 5.74) is -0.495. The van der Waals surface area contributed by atoms with E-state index >= 15 is 0 Å². The summed E-state index contributed by atoms with van der Waals surface area (Å²) in [6.45, 7) is 9.22. The van der Waals surface area contributed by atoms with Crippen LogP contribution in [0.2, 0.25) is 0 Å². The number of piperidine rings is 1. The van der Waals surface area contributed by atoms with Crippen LogP contribution in [0.1, 0.15) is 40.0 Å². The first-order valence-electron chi connectivity index (χ1n) is 7.81. The summed E-state index contributed by atoms with van der Waals surface area (Å²) in [7, 11) is -1.83. The Morgan fingerprint density at radius 2 is 2.10 bits per heavy atom. The number of nitrogens with zero attached hydrogens (tertiary/aromatic N) is 1. The van der Waals surface area contributed by atoms with Gasteiger partial charge in [-0.25, -0.2) is 0 Å². The predicted octanol–water partition coefficient (Wildman–Crippen LogP) is 0.957. The third kappa shape index (κ3) is 6.61. The fourth-order valence-electron chi connectivity index (χ4n) is 2.32. The highest BCUT2D eigenvalue weighted by Gasteiger charge is 2.30. The van der Waals surface area contributed by atoms with Gasteiger partial charge >= 0.3 is 0 Å². The zero-order valence-corrected chi connectivity index (χ0v) is 14.6. The Morgan fingerprint density at radius 3 is 2.71 bits per heavy atom. The van der Waals surface area contributed by atoms with E-state index in [4.69, 9.17) is 4.74 Å². The minimum Gasteiger partial charge on any atom is -0.377 e. The topological polar surface area (TPSA) is 70.7 Å². The molecule has 0 aromatic rings. The highest BCUT2D eigenvalue weighted by Crippen LogP contribution is 2.18. The summed E-state index contributed by atoms with van der Waals surface area (Å²) in [5.74, 6) is 0.400. The van der Waals surface area contributed by atoms with Crippen LogP contribution >= 0.6 is 0 Å². The molecule has 21 heavy (non-hydrogen) atoms. The highest BCUT2D eigenvalue weighted by atomic mass is 32.2. The molecule has 7 heteroatoms. The first-order chi connectivity index (χ1) is 9.80. The number of nitrogens with one attached hydrogen (secondary N) is 2. The smallest absolute Gasteiger partial charge is 0.279 e. The van der Waals surface area contributed by atoms with Crippen LogP contribution in [0.5, 0.6) is 0 Å². The standard InChI is InChI=1S/C14H31N3O3S/c1-5-8-15-10-13-7-6-9-17(11-13)21(18,19)16-12-14(2,3)20-4/h13,15-16H,5-12H2,1-4H3. The van der Waals surface area contributed by atoms with Crippen LogP contribution in [-0.2, 0) is 14.9 Å². The number of hydrogen-bond acceptors (Lipinski definition) is 4. The molecule has 1 rings (SSSR count). The van der Waals surface area contributed by atoms with E-state index in [1.165, 1.54) is 0 Å². The van der Waals surface area contributed by atoms with Crippen LogP contribution in [0.4, 0.5) is 0 Å². The van der Waals surface area contributed by atoms with Gasteiger partial charge in [-0.2, -0.15) is 17.4 Å². The monoisotopic (exact) mass is 321 g/mol. The van der Waals surface area contributed by atoms with Crippen LogP contribution in [0.3, 0.4) is 0 Å². The molecule has 0 aliphatic carbocycles. The SMILES string of the molecule is CCCNCC1CCCN(S(=O)(=O)NCC(C)(C)OC)C1. The Labute approximate surface area is 129 Å². The molecule has 1 aliphatic heterocycles. The Balaban J connectivity index is 2.50. The van der Waals surface area contributed by atoms with E-state index in [0.717, 1.165) is 32.4 Å². The molecule has 0 spiro atoms. The molecule has 1 fully saturated rings. The number of ether oxygens (including phenoxy) is 1. The highest BCUT2D eigenvalue weighted by molar-refractivity contribution is 7.87. The van der Waals surface area contributed by atoms with Crippen molar-refractivity contribution < 1.29 is 13.2 Å². The van der Waals surface area contributed by atoms with Gasteiger partial charge in [0, 0.05) is 26.7 Å². The van der Waals surface area contributed by atoms with E-state index in [2.05, 4.69) is 17.0 Å². The molecule has 2 N–H and O–H groups in total. The zero-order valence-electron chi connectivity index (χ0n) is 13.8. The second-order valence-electron chi connectivity index (χ2n) is 6.36. The van der Waals surface area contributed by atoms with Crippen LogP contribution in [0.15, 0.2) is 0 Å². The lowest BCUT2D eigenvalue weighted by Crippen LogP contribution is -2.50. The Hall–Kier alpha value is -0.210. The molecule has 1 unspecified atom stereocenters. The van der Waals surface area contributed by atoms with Gasteiger partial charge in [0.1, 0.15) is 0 Å². The van der Waals surface area contributed by atoms with Crippen molar-refractivity contribution in [1.82, 2.24) is 14.3 Å². The van der Waals surface area contributed by atoms with E-state index in [9.17, 15) is 8.42 Å². The van der Waals surface area contributed by atoms with Crippen molar-refractivity contribution in [3.05, 3.63) is 0 Å². The molecular weight excluding hydrogens is 290 g/mol. The molecular formula is C14H31N3O3S. The number of rotatable bonds is 9. The maximum Gasteiger partial charge on any atom is 0.279 e. The Bertz CT molecular complexity index is 398. The van der Waals surface area contributed by atoms with Crippen molar-refractivity contribution in [3.8, 4) is 0 Å². The lowest BCUT2D eigenvalue weighted by atomic mass is 10.00. The molecule has 1 heterocycles. The average Bonchev–Trinajstić information content (AvgIpc) is 2.46. The predicted molar refractivity (Wildman–Crippen MR) is 85.5 cm³/mol. The third-order valence-corrected chi connectivity index (χ3v) is 5.43. The van der Waals surface area contributed by atoms with Gasteiger partial charge in [0.2, 0.25) is 0 Å². The quantitative estimate of drug-likeness (QED) is 0.621. The summed E-state index contributed by atoms with van der Waals surface area (Å²) < 4.78 is 34.2. The molecule has 1 atom stereocenters. The van der Waals surface area contributed by atoms with Gasteiger partial charge in [-0.15, -0.1) is 0 Å². The molecule has 0 radical (unpaired) electrons. The summed E-state index contributed by atoms with van der Waals surface area (Å²) in [6.07, 6.45) is 3.11. The first kappa shape index (κ1) is 18.8. The maximum atomic E-state index is 12.4. The fraction of sp³-hybridized carbons (Fsp3) is 1.00. The lowest BCUT2D eigenvalue weighted by Gasteiger charge is -2.33. The summed E-state index contributed by atoms with van der Waals surface area (Å²) in [6, 6.07) is 0. The molecule has 1 aliphatic rings. The van der Waals surface area contributed by atoms with Crippen molar-refractivity contribution in [1.29, 1.82) is 0 Å².